The van der Waals surface area contributed by atoms with Gasteiger partial charge in [0.25, 0.3) is 0 Å². The Labute approximate surface area is 173 Å². The van der Waals surface area contributed by atoms with Gasteiger partial charge in [-0.2, -0.15) is 0 Å². The lowest BCUT2D eigenvalue weighted by Crippen LogP contribution is -2.38. The van der Waals surface area contributed by atoms with Crippen molar-refractivity contribution in [3.05, 3.63) is 54.0 Å². The Morgan fingerprint density at radius 1 is 1.14 bits per heavy atom. The van der Waals surface area contributed by atoms with Gasteiger partial charge in [0, 0.05) is 38.5 Å². The summed E-state index contributed by atoms with van der Waals surface area (Å²) in [6.45, 7) is 9.06. The zero-order valence-corrected chi connectivity index (χ0v) is 17.2. The van der Waals surface area contributed by atoms with Crippen LogP contribution in [0, 0.1) is 0 Å². The molecule has 1 fully saturated rings. The van der Waals surface area contributed by atoms with Crippen LogP contribution in [0.2, 0.25) is 0 Å². The number of aliphatic imine (C=N–C) groups is 1. The van der Waals surface area contributed by atoms with Gasteiger partial charge in [-0.15, -0.1) is 0 Å². The molecule has 7 nitrogen and oxygen atoms in total. The quantitative estimate of drug-likeness (QED) is 0.363. The molecular formula is C22H32N4O3. The summed E-state index contributed by atoms with van der Waals surface area (Å²) in [5.74, 6) is 1.68. The molecule has 0 bridgehead atoms. The standard InChI is InChI=1S/C22H32N4O3/c1-2-23-22(24-10-4-13-28-18-21-5-3-14-29-21)25-17-19-6-8-20(9-7-19)26-11-15-27-16-12-26/h3,5-9,14H,2,4,10-13,15-18H2,1H3,(H2,23,24,25). The minimum absolute atomic E-state index is 0.515. The fourth-order valence-corrected chi connectivity index (χ4v) is 3.09. The first-order valence-corrected chi connectivity index (χ1v) is 10.4. The van der Waals surface area contributed by atoms with Gasteiger partial charge < -0.3 is 29.4 Å². The van der Waals surface area contributed by atoms with Gasteiger partial charge in [-0.3, -0.25) is 0 Å². The summed E-state index contributed by atoms with van der Waals surface area (Å²) in [6, 6.07) is 12.4. The number of hydrogen-bond donors (Lipinski definition) is 2. The Bertz CT molecular complexity index is 710. The Kier molecular flexibility index (Phi) is 8.88. The average molecular weight is 401 g/mol. The number of nitrogens with one attached hydrogen (secondary N) is 2. The number of guanidine groups is 1. The first-order valence-electron chi connectivity index (χ1n) is 10.4. The molecule has 0 unspecified atom stereocenters. The van der Waals surface area contributed by atoms with E-state index < -0.39 is 0 Å². The van der Waals surface area contributed by atoms with Crippen LogP contribution in [0.15, 0.2) is 52.1 Å². The summed E-state index contributed by atoms with van der Waals surface area (Å²) >= 11 is 0. The van der Waals surface area contributed by atoms with Crippen molar-refractivity contribution >= 4 is 11.6 Å². The number of furan rings is 1. The first-order chi connectivity index (χ1) is 14.3. The van der Waals surface area contributed by atoms with Crippen LogP contribution < -0.4 is 15.5 Å². The Hall–Kier alpha value is -2.51. The number of anilines is 1. The van der Waals surface area contributed by atoms with E-state index in [0.29, 0.717) is 19.8 Å². The molecule has 0 saturated carbocycles. The molecule has 2 heterocycles. The number of hydrogen-bond acceptors (Lipinski definition) is 5. The van der Waals surface area contributed by atoms with Crippen molar-refractivity contribution in [2.24, 2.45) is 4.99 Å². The molecule has 0 spiro atoms. The van der Waals surface area contributed by atoms with Crippen molar-refractivity contribution in [1.29, 1.82) is 0 Å². The fourth-order valence-electron chi connectivity index (χ4n) is 3.09. The third-order valence-electron chi connectivity index (χ3n) is 4.66. The summed E-state index contributed by atoms with van der Waals surface area (Å²) in [4.78, 5) is 7.05. The topological polar surface area (TPSA) is 71.3 Å². The number of benzene rings is 1. The van der Waals surface area contributed by atoms with Gasteiger partial charge >= 0.3 is 0 Å². The van der Waals surface area contributed by atoms with Crippen molar-refractivity contribution in [3.8, 4) is 0 Å². The Morgan fingerprint density at radius 2 is 1.97 bits per heavy atom. The molecule has 1 aliphatic rings. The fraction of sp³-hybridized carbons (Fsp3) is 0.500. The van der Waals surface area contributed by atoms with Gasteiger partial charge in [0.15, 0.2) is 5.96 Å². The number of nitrogens with zero attached hydrogens (tertiary/aromatic N) is 2. The molecule has 7 heteroatoms. The minimum atomic E-state index is 0.515. The molecule has 2 aromatic rings. The van der Waals surface area contributed by atoms with Crippen LogP contribution in [0.3, 0.4) is 0 Å². The van der Waals surface area contributed by atoms with Gasteiger partial charge in [0.2, 0.25) is 0 Å². The molecular weight excluding hydrogens is 368 g/mol. The van der Waals surface area contributed by atoms with Crippen LogP contribution in [0.4, 0.5) is 5.69 Å². The molecule has 158 valence electrons. The van der Waals surface area contributed by atoms with E-state index in [1.165, 1.54) is 11.3 Å². The van der Waals surface area contributed by atoms with Gasteiger partial charge in [-0.05, 0) is 43.2 Å². The maximum atomic E-state index is 5.60. The van der Waals surface area contributed by atoms with Crippen molar-refractivity contribution in [2.75, 3.05) is 50.9 Å². The number of ether oxygens (including phenoxy) is 2. The van der Waals surface area contributed by atoms with Crippen LogP contribution in [-0.2, 0) is 22.6 Å². The molecule has 2 N–H and O–H groups in total. The SMILES string of the molecule is CCNC(=NCc1ccc(N2CCOCC2)cc1)NCCCOCc1ccco1. The van der Waals surface area contributed by atoms with Crippen LogP contribution in [0.25, 0.3) is 0 Å². The molecule has 3 rings (SSSR count). The zero-order valence-electron chi connectivity index (χ0n) is 17.2. The third kappa shape index (κ3) is 7.44. The number of morpholine rings is 1. The highest BCUT2D eigenvalue weighted by molar-refractivity contribution is 5.79. The summed E-state index contributed by atoms with van der Waals surface area (Å²) in [5.41, 5.74) is 2.45. The second-order valence-corrected chi connectivity index (χ2v) is 6.87. The zero-order chi connectivity index (χ0) is 20.2. The van der Waals surface area contributed by atoms with Crippen molar-refractivity contribution in [2.45, 2.75) is 26.5 Å². The molecule has 1 saturated heterocycles. The largest absolute Gasteiger partial charge is 0.467 e. The van der Waals surface area contributed by atoms with Crippen molar-refractivity contribution in [1.82, 2.24) is 10.6 Å². The van der Waals surface area contributed by atoms with E-state index in [0.717, 1.165) is 57.5 Å². The van der Waals surface area contributed by atoms with Crippen LogP contribution >= 0.6 is 0 Å². The van der Waals surface area contributed by atoms with E-state index in [-0.39, 0.29) is 0 Å². The predicted octanol–water partition coefficient (Wildman–Crippen LogP) is 2.78. The average Bonchev–Trinajstić information content (AvgIpc) is 3.29. The van der Waals surface area contributed by atoms with E-state index in [4.69, 9.17) is 13.9 Å². The predicted molar refractivity (Wildman–Crippen MR) is 115 cm³/mol. The van der Waals surface area contributed by atoms with Crippen LogP contribution in [0.5, 0.6) is 0 Å². The molecule has 1 aromatic carbocycles. The maximum absolute atomic E-state index is 5.60. The molecule has 1 aliphatic heterocycles. The summed E-state index contributed by atoms with van der Waals surface area (Å²) in [6.07, 6.45) is 2.56. The van der Waals surface area contributed by atoms with Crippen molar-refractivity contribution < 1.29 is 13.9 Å². The van der Waals surface area contributed by atoms with E-state index in [1.807, 2.05) is 12.1 Å². The minimum Gasteiger partial charge on any atom is -0.467 e. The third-order valence-corrected chi connectivity index (χ3v) is 4.66. The van der Waals surface area contributed by atoms with Crippen LogP contribution in [0.1, 0.15) is 24.7 Å². The van der Waals surface area contributed by atoms with Gasteiger partial charge in [0.1, 0.15) is 12.4 Å². The normalized spacial score (nSPS) is 14.8. The Balaban J connectivity index is 1.38. The molecule has 1 aromatic heterocycles. The van der Waals surface area contributed by atoms with E-state index in [1.54, 1.807) is 6.26 Å². The molecule has 0 amide bonds. The summed E-state index contributed by atoms with van der Waals surface area (Å²) in [7, 11) is 0. The van der Waals surface area contributed by atoms with Gasteiger partial charge in [-0.1, -0.05) is 12.1 Å². The lowest BCUT2D eigenvalue weighted by atomic mass is 10.2. The van der Waals surface area contributed by atoms with E-state index >= 15 is 0 Å². The lowest BCUT2D eigenvalue weighted by molar-refractivity contribution is 0.105. The van der Waals surface area contributed by atoms with Gasteiger partial charge in [0.05, 0.1) is 26.0 Å². The van der Waals surface area contributed by atoms with E-state index in [9.17, 15) is 0 Å². The second kappa shape index (κ2) is 12.1. The lowest BCUT2D eigenvalue weighted by Gasteiger charge is -2.28. The maximum Gasteiger partial charge on any atom is 0.191 e. The van der Waals surface area contributed by atoms with Crippen LogP contribution in [-0.4, -0.2) is 52.0 Å². The summed E-state index contributed by atoms with van der Waals surface area (Å²) < 4.78 is 16.3. The monoisotopic (exact) mass is 400 g/mol. The highest BCUT2D eigenvalue weighted by Crippen LogP contribution is 2.17. The van der Waals surface area contributed by atoms with Crippen molar-refractivity contribution in [3.63, 3.8) is 0 Å². The first kappa shape index (κ1) is 21.2. The molecule has 29 heavy (non-hydrogen) atoms. The smallest absolute Gasteiger partial charge is 0.191 e. The molecule has 0 aliphatic carbocycles. The summed E-state index contributed by atoms with van der Waals surface area (Å²) in [5, 5.41) is 6.65. The molecule has 0 atom stereocenters. The van der Waals surface area contributed by atoms with Gasteiger partial charge in [-0.25, -0.2) is 4.99 Å². The second-order valence-electron chi connectivity index (χ2n) is 6.87. The Morgan fingerprint density at radius 3 is 2.69 bits per heavy atom. The highest BCUT2D eigenvalue weighted by atomic mass is 16.5. The van der Waals surface area contributed by atoms with E-state index in [2.05, 4.69) is 51.7 Å². The highest BCUT2D eigenvalue weighted by Gasteiger charge is 2.10. The molecule has 0 radical (unpaired) electrons. The number of rotatable bonds is 10.